The molecule has 0 fully saturated rings. The lowest BCUT2D eigenvalue weighted by atomic mass is 10.1. The van der Waals surface area contributed by atoms with E-state index < -0.39 is 0 Å². The molecular weight excluding hydrogens is 256 g/mol. The molecule has 0 bridgehead atoms. The molecule has 2 aromatic rings. The van der Waals surface area contributed by atoms with Crippen molar-refractivity contribution in [3.05, 3.63) is 65.7 Å². The maximum absolute atomic E-state index is 6.33. The van der Waals surface area contributed by atoms with Gasteiger partial charge in [0.1, 0.15) is 0 Å². The van der Waals surface area contributed by atoms with Crippen LogP contribution in [0.4, 0.5) is 5.69 Å². The van der Waals surface area contributed by atoms with Crippen LogP contribution in [0.2, 0.25) is 0 Å². The van der Waals surface area contributed by atoms with Gasteiger partial charge in [-0.3, -0.25) is 0 Å². The van der Waals surface area contributed by atoms with Crippen LogP contribution in [0, 0.1) is 6.92 Å². The van der Waals surface area contributed by atoms with E-state index in [1.165, 1.54) is 16.8 Å². The lowest BCUT2D eigenvalue weighted by Gasteiger charge is -2.27. The first-order chi connectivity index (χ1) is 10.2. The smallest absolute Gasteiger partial charge is 0.0369 e. The highest BCUT2D eigenvalue weighted by Crippen LogP contribution is 2.16. The molecule has 2 nitrogen and oxygen atoms in total. The molecule has 1 unspecified atom stereocenters. The third kappa shape index (κ3) is 4.91. The number of nitrogens with two attached hydrogens (primary N) is 1. The van der Waals surface area contributed by atoms with Crippen molar-refractivity contribution in [1.29, 1.82) is 0 Å². The minimum atomic E-state index is 0.200. The molecule has 2 heteroatoms. The average Bonchev–Trinajstić information content (AvgIpc) is 2.51. The van der Waals surface area contributed by atoms with E-state index in [4.69, 9.17) is 5.73 Å². The molecule has 0 aliphatic heterocycles. The van der Waals surface area contributed by atoms with E-state index >= 15 is 0 Å². The second kappa shape index (κ2) is 7.84. The number of hydrogen-bond acceptors (Lipinski definition) is 2. The van der Waals surface area contributed by atoms with E-state index in [1.807, 2.05) is 0 Å². The molecule has 0 aromatic heterocycles. The summed E-state index contributed by atoms with van der Waals surface area (Å²) in [7, 11) is 0. The van der Waals surface area contributed by atoms with Crippen LogP contribution in [0.5, 0.6) is 0 Å². The predicted molar refractivity (Wildman–Crippen MR) is 91.8 cm³/mol. The monoisotopic (exact) mass is 282 g/mol. The Kier molecular flexibility index (Phi) is 5.82. The van der Waals surface area contributed by atoms with Crippen LogP contribution < -0.4 is 10.6 Å². The second-order valence-corrected chi connectivity index (χ2v) is 5.66. The molecule has 2 aromatic carbocycles. The number of rotatable bonds is 7. The van der Waals surface area contributed by atoms with Crippen molar-refractivity contribution in [3.63, 3.8) is 0 Å². The molecule has 1 atom stereocenters. The Morgan fingerprint density at radius 1 is 1.05 bits per heavy atom. The van der Waals surface area contributed by atoms with Crippen LogP contribution in [-0.4, -0.2) is 19.1 Å². The molecule has 0 amide bonds. The van der Waals surface area contributed by atoms with E-state index in [0.29, 0.717) is 0 Å². The third-order valence-corrected chi connectivity index (χ3v) is 3.85. The zero-order valence-electron chi connectivity index (χ0n) is 13.1. The molecule has 2 rings (SSSR count). The Morgan fingerprint density at radius 2 is 1.81 bits per heavy atom. The highest BCUT2D eigenvalue weighted by atomic mass is 15.1. The lowest BCUT2D eigenvalue weighted by Crippen LogP contribution is -2.37. The van der Waals surface area contributed by atoms with Gasteiger partial charge in [-0.2, -0.15) is 0 Å². The van der Waals surface area contributed by atoms with Crippen molar-refractivity contribution in [2.24, 2.45) is 5.73 Å². The quantitative estimate of drug-likeness (QED) is 0.837. The van der Waals surface area contributed by atoms with Gasteiger partial charge in [-0.05, 0) is 49.9 Å². The van der Waals surface area contributed by atoms with Gasteiger partial charge in [0.25, 0.3) is 0 Å². The zero-order chi connectivity index (χ0) is 15.1. The topological polar surface area (TPSA) is 29.3 Å². The van der Waals surface area contributed by atoms with Crippen LogP contribution >= 0.6 is 0 Å². The summed E-state index contributed by atoms with van der Waals surface area (Å²) < 4.78 is 0. The second-order valence-electron chi connectivity index (χ2n) is 5.66. The number of benzene rings is 2. The van der Waals surface area contributed by atoms with Crippen LogP contribution in [0.25, 0.3) is 0 Å². The van der Waals surface area contributed by atoms with Crippen LogP contribution in [0.1, 0.15) is 24.5 Å². The molecule has 0 heterocycles. The third-order valence-electron chi connectivity index (χ3n) is 3.85. The summed E-state index contributed by atoms with van der Waals surface area (Å²) in [4.78, 5) is 2.36. The van der Waals surface area contributed by atoms with E-state index in [0.717, 1.165) is 25.9 Å². The Hall–Kier alpha value is -1.80. The van der Waals surface area contributed by atoms with E-state index in [9.17, 15) is 0 Å². The fourth-order valence-corrected chi connectivity index (χ4v) is 2.61. The number of hydrogen-bond donors (Lipinski definition) is 1. The first kappa shape index (κ1) is 15.6. The number of aryl methyl sites for hydroxylation is 2. The SMILES string of the molecule is CCN(CC(N)CCc1ccccc1)c1cccc(C)c1. The minimum absolute atomic E-state index is 0.200. The van der Waals surface area contributed by atoms with Gasteiger partial charge in [-0.25, -0.2) is 0 Å². The average molecular weight is 282 g/mol. The summed E-state index contributed by atoms with van der Waals surface area (Å²) in [6, 6.07) is 19.4. The molecule has 0 saturated carbocycles. The minimum Gasteiger partial charge on any atom is -0.370 e. The van der Waals surface area contributed by atoms with Crippen LogP contribution in [-0.2, 0) is 6.42 Å². The van der Waals surface area contributed by atoms with Gasteiger partial charge in [0.05, 0.1) is 0 Å². The Morgan fingerprint density at radius 3 is 2.48 bits per heavy atom. The van der Waals surface area contributed by atoms with E-state index in [2.05, 4.69) is 73.3 Å². The van der Waals surface area contributed by atoms with Crippen molar-refractivity contribution in [1.82, 2.24) is 0 Å². The fraction of sp³-hybridized carbons (Fsp3) is 0.368. The summed E-state index contributed by atoms with van der Waals surface area (Å²) in [5.74, 6) is 0. The molecule has 112 valence electrons. The molecule has 0 aliphatic rings. The molecule has 0 saturated heterocycles. The number of anilines is 1. The van der Waals surface area contributed by atoms with Crippen molar-refractivity contribution in [3.8, 4) is 0 Å². The summed E-state index contributed by atoms with van der Waals surface area (Å²) in [5.41, 5.74) is 10.3. The van der Waals surface area contributed by atoms with Gasteiger partial charge in [0.2, 0.25) is 0 Å². The molecule has 0 spiro atoms. The van der Waals surface area contributed by atoms with E-state index in [1.54, 1.807) is 0 Å². The van der Waals surface area contributed by atoms with Crippen molar-refractivity contribution >= 4 is 5.69 Å². The summed E-state index contributed by atoms with van der Waals surface area (Å²) in [6.07, 6.45) is 2.07. The molecule has 2 N–H and O–H groups in total. The van der Waals surface area contributed by atoms with E-state index in [-0.39, 0.29) is 6.04 Å². The van der Waals surface area contributed by atoms with Gasteiger partial charge >= 0.3 is 0 Å². The van der Waals surface area contributed by atoms with Gasteiger partial charge in [0, 0.05) is 24.8 Å². The van der Waals surface area contributed by atoms with Gasteiger partial charge in [-0.15, -0.1) is 0 Å². The fourth-order valence-electron chi connectivity index (χ4n) is 2.61. The standard InChI is InChI=1S/C19H26N2/c1-3-21(19-11-7-8-16(2)14-19)15-18(20)13-12-17-9-5-4-6-10-17/h4-11,14,18H,3,12-13,15,20H2,1-2H3. The predicted octanol–water partition coefficient (Wildman–Crippen LogP) is 3.78. The lowest BCUT2D eigenvalue weighted by molar-refractivity contribution is 0.594. The van der Waals surface area contributed by atoms with Crippen molar-refractivity contribution in [2.45, 2.75) is 32.7 Å². The Labute approximate surface area is 128 Å². The maximum atomic E-state index is 6.33. The highest BCUT2D eigenvalue weighted by molar-refractivity contribution is 5.48. The largest absolute Gasteiger partial charge is 0.370 e. The summed E-state index contributed by atoms with van der Waals surface area (Å²) in [6.45, 7) is 6.22. The molecule has 21 heavy (non-hydrogen) atoms. The zero-order valence-corrected chi connectivity index (χ0v) is 13.1. The summed E-state index contributed by atoms with van der Waals surface area (Å²) >= 11 is 0. The maximum Gasteiger partial charge on any atom is 0.0369 e. The van der Waals surface area contributed by atoms with Gasteiger partial charge < -0.3 is 10.6 Å². The Balaban J connectivity index is 1.89. The first-order valence-electron chi connectivity index (χ1n) is 7.80. The highest BCUT2D eigenvalue weighted by Gasteiger charge is 2.10. The number of likely N-dealkylation sites (N-methyl/N-ethyl adjacent to an activating group) is 1. The molecule has 0 aliphatic carbocycles. The summed E-state index contributed by atoms with van der Waals surface area (Å²) in [5, 5.41) is 0. The van der Waals surface area contributed by atoms with Crippen molar-refractivity contribution in [2.75, 3.05) is 18.0 Å². The first-order valence-corrected chi connectivity index (χ1v) is 7.80. The van der Waals surface area contributed by atoms with Gasteiger partial charge in [0.15, 0.2) is 0 Å². The van der Waals surface area contributed by atoms with Crippen LogP contribution in [0.3, 0.4) is 0 Å². The number of nitrogens with zero attached hydrogens (tertiary/aromatic N) is 1. The van der Waals surface area contributed by atoms with Crippen molar-refractivity contribution < 1.29 is 0 Å². The van der Waals surface area contributed by atoms with Crippen LogP contribution in [0.15, 0.2) is 54.6 Å². The normalized spacial score (nSPS) is 12.1. The van der Waals surface area contributed by atoms with Gasteiger partial charge in [-0.1, -0.05) is 42.5 Å². The molecule has 0 radical (unpaired) electrons. The Bertz CT molecular complexity index is 536. The molecular formula is C19H26N2.